The Labute approximate surface area is 143 Å². The molecule has 1 aromatic carbocycles. The van der Waals surface area contributed by atoms with Gasteiger partial charge in [0, 0.05) is 23.1 Å². The molecule has 0 saturated carbocycles. The van der Waals surface area contributed by atoms with Crippen LogP contribution in [0.2, 0.25) is 5.02 Å². The summed E-state index contributed by atoms with van der Waals surface area (Å²) in [5.41, 5.74) is 3.85. The van der Waals surface area contributed by atoms with E-state index in [9.17, 15) is 5.26 Å². The molecule has 0 spiro atoms. The number of aryl methyl sites for hydroxylation is 2. The van der Waals surface area contributed by atoms with E-state index in [-0.39, 0.29) is 5.25 Å². The van der Waals surface area contributed by atoms with Gasteiger partial charge in [-0.2, -0.15) is 5.26 Å². The average Bonchev–Trinajstić information content (AvgIpc) is 3.11. The van der Waals surface area contributed by atoms with Gasteiger partial charge in [0.1, 0.15) is 6.07 Å². The van der Waals surface area contributed by atoms with Gasteiger partial charge >= 0.3 is 0 Å². The van der Waals surface area contributed by atoms with Gasteiger partial charge in [-0.05, 0) is 24.1 Å². The number of rotatable bonds is 2. The van der Waals surface area contributed by atoms with Crippen molar-refractivity contribution in [2.24, 2.45) is 7.05 Å². The number of imidazole rings is 1. The summed E-state index contributed by atoms with van der Waals surface area (Å²) in [6.45, 7) is 2.04. The van der Waals surface area contributed by atoms with Crippen molar-refractivity contribution in [1.82, 2.24) is 9.55 Å². The molecule has 1 atom stereocenters. The quantitative estimate of drug-likeness (QED) is 0.732. The van der Waals surface area contributed by atoms with Gasteiger partial charge in [-0.15, -0.1) is 23.5 Å². The van der Waals surface area contributed by atoms with E-state index in [0.717, 1.165) is 31.8 Å². The first-order valence-corrected chi connectivity index (χ1v) is 9.01. The van der Waals surface area contributed by atoms with Crippen molar-refractivity contribution >= 4 is 40.7 Å². The van der Waals surface area contributed by atoms with Crippen LogP contribution in [0.15, 0.2) is 35.0 Å². The van der Waals surface area contributed by atoms with Crippen molar-refractivity contribution in [1.29, 1.82) is 5.26 Å². The molecule has 0 bridgehead atoms. The fourth-order valence-corrected chi connectivity index (χ4v) is 5.70. The highest BCUT2D eigenvalue weighted by atomic mass is 35.5. The van der Waals surface area contributed by atoms with Crippen LogP contribution in [0.25, 0.3) is 5.57 Å². The summed E-state index contributed by atoms with van der Waals surface area (Å²) in [5.74, 6) is 0.922. The fraction of sp³-hybridized carbons (Fsp3) is 0.250. The molecule has 1 aromatic heterocycles. The largest absolute Gasteiger partial charge is 0.333 e. The van der Waals surface area contributed by atoms with E-state index in [1.54, 1.807) is 36.0 Å². The molecule has 2 heterocycles. The average molecular weight is 348 g/mol. The molecule has 1 aliphatic heterocycles. The van der Waals surface area contributed by atoms with Crippen LogP contribution in [-0.2, 0) is 7.05 Å². The van der Waals surface area contributed by atoms with Crippen LogP contribution in [0.4, 0.5) is 0 Å². The molecule has 0 aliphatic carbocycles. The predicted molar refractivity (Wildman–Crippen MR) is 94.7 cm³/mol. The molecule has 3 nitrogen and oxygen atoms in total. The minimum Gasteiger partial charge on any atom is -0.333 e. The minimum absolute atomic E-state index is 0.282. The van der Waals surface area contributed by atoms with Crippen LogP contribution in [0, 0.1) is 18.3 Å². The summed E-state index contributed by atoms with van der Waals surface area (Å²) in [5, 5.41) is 10.6. The summed E-state index contributed by atoms with van der Waals surface area (Å²) >= 11 is 9.81. The molecule has 6 heteroatoms. The van der Waals surface area contributed by atoms with Gasteiger partial charge in [-0.25, -0.2) is 4.98 Å². The first-order chi connectivity index (χ1) is 10.6. The molecule has 2 aromatic rings. The molecule has 3 rings (SSSR count). The Balaban J connectivity index is 1.92. The topological polar surface area (TPSA) is 41.6 Å². The zero-order chi connectivity index (χ0) is 15.7. The van der Waals surface area contributed by atoms with E-state index in [4.69, 9.17) is 11.6 Å². The maximum atomic E-state index is 9.53. The Kier molecular flexibility index (Phi) is 4.53. The third kappa shape index (κ3) is 2.91. The van der Waals surface area contributed by atoms with Crippen LogP contribution in [0.5, 0.6) is 0 Å². The lowest BCUT2D eigenvalue weighted by Gasteiger charge is -2.11. The minimum atomic E-state index is 0.282. The first-order valence-electron chi connectivity index (χ1n) is 6.76. The molecule has 0 N–H and O–H groups in total. The highest BCUT2D eigenvalue weighted by Crippen LogP contribution is 2.53. The van der Waals surface area contributed by atoms with Gasteiger partial charge in [0.05, 0.1) is 28.0 Å². The maximum Gasteiger partial charge on any atom is 0.103 e. The summed E-state index contributed by atoms with van der Waals surface area (Å²) in [6, 6.07) is 8.50. The fourth-order valence-electron chi connectivity index (χ4n) is 2.33. The van der Waals surface area contributed by atoms with Crippen LogP contribution in [0.3, 0.4) is 0 Å². The Morgan fingerprint density at radius 2 is 2.32 bits per heavy atom. The molecular formula is C16H14ClN3S2. The van der Waals surface area contributed by atoms with Crippen LogP contribution < -0.4 is 0 Å². The lowest BCUT2D eigenvalue weighted by molar-refractivity contribution is 0.899. The van der Waals surface area contributed by atoms with E-state index in [1.807, 2.05) is 24.6 Å². The third-order valence-electron chi connectivity index (χ3n) is 3.51. The summed E-state index contributed by atoms with van der Waals surface area (Å²) in [7, 11) is 1.90. The molecule has 1 saturated heterocycles. The number of thioether (sulfide) groups is 2. The Morgan fingerprint density at radius 3 is 2.95 bits per heavy atom. The first kappa shape index (κ1) is 15.5. The molecule has 112 valence electrons. The second-order valence-corrected chi connectivity index (χ2v) is 8.02. The zero-order valence-corrected chi connectivity index (χ0v) is 14.6. The third-order valence-corrected chi connectivity index (χ3v) is 6.78. The van der Waals surface area contributed by atoms with Crippen molar-refractivity contribution in [3.63, 3.8) is 0 Å². The zero-order valence-electron chi connectivity index (χ0n) is 12.2. The van der Waals surface area contributed by atoms with Gasteiger partial charge in [0.15, 0.2) is 0 Å². The molecule has 1 aliphatic rings. The van der Waals surface area contributed by atoms with Crippen molar-refractivity contribution in [3.05, 3.63) is 56.8 Å². The number of nitriles is 1. The van der Waals surface area contributed by atoms with Gasteiger partial charge in [0.2, 0.25) is 0 Å². The number of benzene rings is 1. The second-order valence-electron chi connectivity index (χ2n) is 5.11. The highest BCUT2D eigenvalue weighted by molar-refractivity contribution is 8.25. The number of aromatic nitrogens is 2. The number of nitrogens with zero attached hydrogens (tertiary/aromatic N) is 3. The monoisotopic (exact) mass is 347 g/mol. The molecule has 1 fully saturated rings. The van der Waals surface area contributed by atoms with Crippen LogP contribution in [-0.4, -0.2) is 15.3 Å². The number of allylic oxidation sites excluding steroid dienone is 1. The summed E-state index contributed by atoms with van der Waals surface area (Å²) < 4.78 is 2.92. The van der Waals surface area contributed by atoms with Crippen molar-refractivity contribution in [2.45, 2.75) is 12.2 Å². The number of hydrogen-bond donors (Lipinski definition) is 0. The van der Waals surface area contributed by atoms with Crippen LogP contribution >= 0.6 is 35.1 Å². The van der Waals surface area contributed by atoms with Gasteiger partial charge in [0.25, 0.3) is 0 Å². The van der Waals surface area contributed by atoms with E-state index in [0.29, 0.717) is 5.57 Å². The molecule has 22 heavy (non-hydrogen) atoms. The van der Waals surface area contributed by atoms with E-state index >= 15 is 0 Å². The van der Waals surface area contributed by atoms with E-state index < -0.39 is 0 Å². The van der Waals surface area contributed by atoms with Crippen molar-refractivity contribution < 1.29 is 0 Å². The van der Waals surface area contributed by atoms with Crippen LogP contribution in [0.1, 0.15) is 22.1 Å². The van der Waals surface area contributed by atoms with Gasteiger partial charge < -0.3 is 4.57 Å². The number of halogens is 1. The van der Waals surface area contributed by atoms with Crippen molar-refractivity contribution in [2.75, 3.05) is 5.75 Å². The normalized spacial score (nSPS) is 20.0. The molecular weight excluding hydrogens is 334 g/mol. The summed E-state index contributed by atoms with van der Waals surface area (Å²) in [6.07, 6.45) is 3.45. The standard InChI is InChI=1S/C16H14ClN3S2/c1-10-3-4-11(13(17)5-10)15-8-21-16(22-15)12(6-18)14-7-19-9-20(14)2/h3-5,7,9,15H,8H2,1-2H3. The molecule has 0 amide bonds. The molecule has 1 unspecified atom stereocenters. The number of hydrogen-bond acceptors (Lipinski definition) is 4. The summed E-state index contributed by atoms with van der Waals surface area (Å²) in [4.78, 5) is 4.10. The Bertz CT molecular complexity index is 789. The lowest BCUT2D eigenvalue weighted by atomic mass is 10.1. The Hall–Kier alpha value is -1.35. The predicted octanol–water partition coefficient (Wildman–Crippen LogP) is 4.80. The van der Waals surface area contributed by atoms with E-state index in [1.165, 1.54) is 0 Å². The SMILES string of the molecule is Cc1ccc(C2CSC(=C(C#N)c3cncn3C)S2)c(Cl)c1. The lowest BCUT2D eigenvalue weighted by Crippen LogP contribution is -1.94. The molecule has 0 radical (unpaired) electrons. The van der Waals surface area contributed by atoms with E-state index in [2.05, 4.69) is 23.2 Å². The Morgan fingerprint density at radius 1 is 1.50 bits per heavy atom. The maximum absolute atomic E-state index is 9.53. The smallest absolute Gasteiger partial charge is 0.103 e. The van der Waals surface area contributed by atoms with Gasteiger partial charge in [-0.3, -0.25) is 0 Å². The highest BCUT2D eigenvalue weighted by Gasteiger charge is 2.28. The second kappa shape index (κ2) is 6.41. The van der Waals surface area contributed by atoms with Gasteiger partial charge in [-0.1, -0.05) is 23.7 Å². The van der Waals surface area contributed by atoms with Crippen molar-refractivity contribution in [3.8, 4) is 6.07 Å².